The third-order valence-electron chi connectivity index (χ3n) is 3.21. The van der Waals surface area contributed by atoms with Gasteiger partial charge in [0.25, 0.3) is 0 Å². The van der Waals surface area contributed by atoms with Gasteiger partial charge in [0.05, 0.1) is 0 Å². The van der Waals surface area contributed by atoms with E-state index in [9.17, 15) is 4.79 Å². The van der Waals surface area contributed by atoms with Gasteiger partial charge in [-0.3, -0.25) is 4.79 Å². The molecule has 80 valence electrons. The van der Waals surface area contributed by atoms with Gasteiger partial charge in [-0.05, 0) is 43.2 Å². The van der Waals surface area contributed by atoms with Gasteiger partial charge >= 0.3 is 5.97 Å². The van der Waals surface area contributed by atoms with Gasteiger partial charge in [0.2, 0.25) is 0 Å². The number of carboxylic acid groups (broad SMARTS) is 1. The summed E-state index contributed by atoms with van der Waals surface area (Å²) in [5.41, 5.74) is 4.10. The highest BCUT2D eigenvalue weighted by Crippen LogP contribution is 2.36. The second kappa shape index (κ2) is 4.05. The van der Waals surface area contributed by atoms with E-state index in [4.69, 9.17) is 5.11 Å². The normalized spacial score (nSPS) is 18.9. The number of fused-ring (bicyclic) bond motifs is 1. The minimum absolute atomic E-state index is 0.290. The molecule has 0 aromatic heterocycles. The van der Waals surface area contributed by atoms with E-state index < -0.39 is 5.97 Å². The molecule has 1 aliphatic rings. The predicted molar refractivity (Wildman–Crippen MR) is 59.1 cm³/mol. The Hall–Kier alpha value is -1.31. The third kappa shape index (κ3) is 2.20. The molecule has 1 atom stereocenters. The van der Waals surface area contributed by atoms with Crippen molar-refractivity contribution in [2.45, 2.75) is 38.5 Å². The molecule has 0 aliphatic heterocycles. The fourth-order valence-corrected chi connectivity index (χ4v) is 2.43. The van der Waals surface area contributed by atoms with E-state index in [1.165, 1.54) is 16.7 Å². The van der Waals surface area contributed by atoms with E-state index in [0.717, 1.165) is 19.3 Å². The zero-order chi connectivity index (χ0) is 10.8. The van der Waals surface area contributed by atoms with Crippen molar-refractivity contribution in [3.63, 3.8) is 0 Å². The quantitative estimate of drug-likeness (QED) is 0.822. The van der Waals surface area contributed by atoms with E-state index in [-0.39, 0.29) is 6.42 Å². The summed E-state index contributed by atoms with van der Waals surface area (Å²) in [6.07, 6.45) is 3.30. The van der Waals surface area contributed by atoms with Gasteiger partial charge in [0.1, 0.15) is 0 Å². The Balaban J connectivity index is 2.11. The maximum Gasteiger partial charge on any atom is 0.303 e. The Morgan fingerprint density at radius 1 is 1.53 bits per heavy atom. The first-order chi connectivity index (χ1) is 7.16. The van der Waals surface area contributed by atoms with Crippen molar-refractivity contribution in [3.8, 4) is 0 Å². The maximum atomic E-state index is 10.5. The lowest BCUT2D eigenvalue weighted by Gasteiger charge is -2.09. The van der Waals surface area contributed by atoms with Crippen LogP contribution in [0, 0.1) is 6.92 Å². The number of carboxylic acids is 1. The molecule has 1 aromatic carbocycles. The lowest BCUT2D eigenvalue weighted by molar-refractivity contribution is -0.137. The molecule has 1 unspecified atom stereocenters. The maximum absolute atomic E-state index is 10.5. The smallest absolute Gasteiger partial charge is 0.303 e. The SMILES string of the molecule is Cc1ccc2c(c1)CCC2CCC(=O)O. The lowest BCUT2D eigenvalue weighted by atomic mass is 9.95. The molecule has 1 N–H and O–H groups in total. The van der Waals surface area contributed by atoms with Crippen LogP contribution in [-0.4, -0.2) is 11.1 Å². The highest BCUT2D eigenvalue weighted by atomic mass is 16.4. The molecule has 0 radical (unpaired) electrons. The number of benzene rings is 1. The van der Waals surface area contributed by atoms with Crippen molar-refractivity contribution in [2.75, 3.05) is 0 Å². The molecule has 0 fully saturated rings. The average molecular weight is 204 g/mol. The van der Waals surface area contributed by atoms with Crippen LogP contribution >= 0.6 is 0 Å². The van der Waals surface area contributed by atoms with E-state index in [2.05, 4.69) is 25.1 Å². The number of hydrogen-bond acceptors (Lipinski definition) is 1. The minimum atomic E-state index is -0.685. The summed E-state index contributed by atoms with van der Waals surface area (Å²) >= 11 is 0. The van der Waals surface area contributed by atoms with Crippen molar-refractivity contribution in [1.29, 1.82) is 0 Å². The molecule has 2 heteroatoms. The Morgan fingerprint density at radius 2 is 2.33 bits per heavy atom. The van der Waals surface area contributed by atoms with E-state index in [1.807, 2.05) is 0 Å². The molecule has 0 amide bonds. The molecule has 0 saturated carbocycles. The second-order valence-corrected chi connectivity index (χ2v) is 4.37. The van der Waals surface area contributed by atoms with Crippen LogP contribution in [-0.2, 0) is 11.2 Å². The van der Waals surface area contributed by atoms with E-state index in [1.54, 1.807) is 0 Å². The highest BCUT2D eigenvalue weighted by Gasteiger charge is 2.22. The molecule has 15 heavy (non-hydrogen) atoms. The largest absolute Gasteiger partial charge is 0.481 e. The monoisotopic (exact) mass is 204 g/mol. The van der Waals surface area contributed by atoms with Crippen LogP contribution in [0.25, 0.3) is 0 Å². The van der Waals surface area contributed by atoms with Gasteiger partial charge in [-0.15, -0.1) is 0 Å². The Labute approximate surface area is 89.9 Å². The Morgan fingerprint density at radius 3 is 3.07 bits per heavy atom. The Kier molecular flexibility index (Phi) is 2.76. The van der Waals surface area contributed by atoms with Crippen molar-refractivity contribution in [3.05, 3.63) is 34.9 Å². The van der Waals surface area contributed by atoms with Crippen molar-refractivity contribution in [1.82, 2.24) is 0 Å². The summed E-state index contributed by atoms with van der Waals surface area (Å²) in [6.45, 7) is 2.10. The highest BCUT2D eigenvalue weighted by molar-refractivity contribution is 5.66. The van der Waals surface area contributed by atoms with Crippen molar-refractivity contribution >= 4 is 5.97 Å². The fourth-order valence-electron chi connectivity index (χ4n) is 2.43. The van der Waals surface area contributed by atoms with Crippen LogP contribution in [0.1, 0.15) is 41.9 Å². The first-order valence-electron chi connectivity index (χ1n) is 5.48. The molecule has 1 aromatic rings. The van der Waals surface area contributed by atoms with Crippen molar-refractivity contribution in [2.24, 2.45) is 0 Å². The van der Waals surface area contributed by atoms with Gasteiger partial charge < -0.3 is 5.11 Å². The zero-order valence-electron chi connectivity index (χ0n) is 8.99. The molecular formula is C13H16O2. The lowest BCUT2D eigenvalue weighted by Crippen LogP contribution is -2.00. The van der Waals surface area contributed by atoms with Crippen LogP contribution < -0.4 is 0 Å². The fraction of sp³-hybridized carbons (Fsp3) is 0.462. The molecule has 1 aliphatic carbocycles. The molecule has 0 spiro atoms. The Bertz CT molecular complexity index is 382. The number of aliphatic carboxylic acids is 1. The minimum Gasteiger partial charge on any atom is -0.481 e. The van der Waals surface area contributed by atoms with Crippen LogP contribution in [0.5, 0.6) is 0 Å². The van der Waals surface area contributed by atoms with E-state index >= 15 is 0 Å². The summed E-state index contributed by atoms with van der Waals surface area (Å²) in [7, 11) is 0. The van der Waals surface area contributed by atoms with Gasteiger partial charge in [-0.2, -0.15) is 0 Å². The first kappa shape index (κ1) is 10.2. The standard InChI is InChI=1S/C13H16O2/c1-9-2-6-12-10(5-7-13(14)15)3-4-11(12)8-9/h2,6,8,10H,3-5,7H2,1H3,(H,14,15). The molecule has 2 nitrogen and oxygen atoms in total. The van der Waals surface area contributed by atoms with Gasteiger partial charge in [0.15, 0.2) is 0 Å². The summed E-state index contributed by atoms with van der Waals surface area (Å²) in [5, 5.41) is 8.67. The summed E-state index contributed by atoms with van der Waals surface area (Å²) < 4.78 is 0. The van der Waals surface area contributed by atoms with Gasteiger partial charge in [-0.25, -0.2) is 0 Å². The predicted octanol–water partition coefficient (Wildman–Crippen LogP) is 2.89. The van der Waals surface area contributed by atoms with E-state index in [0.29, 0.717) is 5.92 Å². The zero-order valence-corrected chi connectivity index (χ0v) is 8.99. The van der Waals surface area contributed by atoms with Crippen LogP contribution in [0.2, 0.25) is 0 Å². The van der Waals surface area contributed by atoms with Crippen LogP contribution in [0.4, 0.5) is 0 Å². The number of hydrogen-bond donors (Lipinski definition) is 1. The topological polar surface area (TPSA) is 37.3 Å². The molecular weight excluding hydrogens is 188 g/mol. The van der Waals surface area contributed by atoms with Gasteiger partial charge in [0, 0.05) is 6.42 Å². The average Bonchev–Trinajstić information content (AvgIpc) is 2.57. The van der Waals surface area contributed by atoms with Gasteiger partial charge in [-0.1, -0.05) is 23.8 Å². The summed E-state index contributed by atoms with van der Waals surface area (Å²) in [4.78, 5) is 10.5. The van der Waals surface area contributed by atoms with Crippen LogP contribution in [0.3, 0.4) is 0 Å². The summed E-state index contributed by atoms with van der Waals surface area (Å²) in [6, 6.07) is 6.53. The van der Waals surface area contributed by atoms with Crippen molar-refractivity contribution < 1.29 is 9.90 Å². The molecule has 0 bridgehead atoms. The molecule has 0 heterocycles. The number of aryl methyl sites for hydroxylation is 2. The molecule has 0 saturated heterocycles. The second-order valence-electron chi connectivity index (χ2n) is 4.37. The third-order valence-corrected chi connectivity index (χ3v) is 3.21. The number of carbonyl (C=O) groups is 1. The summed E-state index contributed by atoms with van der Waals surface area (Å²) in [5.74, 6) is -0.215. The van der Waals surface area contributed by atoms with Crippen LogP contribution in [0.15, 0.2) is 18.2 Å². The number of rotatable bonds is 3. The first-order valence-corrected chi connectivity index (χ1v) is 5.48. The molecule has 2 rings (SSSR count).